The lowest BCUT2D eigenvalue weighted by atomic mass is 10.1. The van der Waals surface area contributed by atoms with E-state index in [0.717, 1.165) is 24.3 Å². The average Bonchev–Trinajstić information content (AvgIpc) is 2.65. The summed E-state index contributed by atoms with van der Waals surface area (Å²) in [6, 6.07) is 0. The van der Waals surface area contributed by atoms with Crippen molar-refractivity contribution in [2.45, 2.75) is 52.5 Å². The number of hydrogen-bond acceptors (Lipinski definition) is 3. The minimum Gasteiger partial charge on any atom is -0.324 e. The van der Waals surface area contributed by atoms with Crippen molar-refractivity contribution in [2.24, 2.45) is 0 Å². The summed E-state index contributed by atoms with van der Waals surface area (Å²) in [6.07, 6.45) is 6.16. The van der Waals surface area contributed by atoms with Crippen LogP contribution in [-0.4, -0.2) is 19.5 Å². The van der Waals surface area contributed by atoms with Crippen LogP contribution >= 0.6 is 23.2 Å². The molecule has 104 valence electrons. The smallest absolute Gasteiger partial charge is 0.225 e. The van der Waals surface area contributed by atoms with Crippen LogP contribution < -0.4 is 0 Å². The van der Waals surface area contributed by atoms with Gasteiger partial charge in [0.1, 0.15) is 11.3 Å². The topological polar surface area (TPSA) is 43.6 Å². The van der Waals surface area contributed by atoms with Gasteiger partial charge in [-0.1, -0.05) is 44.2 Å². The zero-order valence-electron chi connectivity index (χ0n) is 11.3. The molecule has 0 aliphatic heterocycles. The van der Waals surface area contributed by atoms with Crippen LogP contribution in [0, 0.1) is 6.92 Å². The molecule has 6 heteroatoms. The van der Waals surface area contributed by atoms with Crippen LogP contribution in [0.3, 0.4) is 0 Å². The molecule has 2 heterocycles. The molecule has 0 N–H and O–H groups in total. The van der Waals surface area contributed by atoms with Gasteiger partial charge in [-0.05, 0) is 24.9 Å². The van der Waals surface area contributed by atoms with E-state index in [4.69, 9.17) is 23.2 Å². The Morgan fingerprint density at radius 1 is 1.00 bits per heavy atom. The number of nitrogens with zero attached hydrogens (tertiary/aromatic N) is 4. The van der Waals surface area contributed by atoms with Crippen molar-refractivity contribution < 1.29 is 0 Å². The van der Waals surface area contributed by atoms with E-state index in [2.05, 4.69) is 26.4 Å². The number of imidazole rings is 1. The third-order valence-electron chi connectivity index (χ3n) is 3.21. The summed E-state index contributed by atoms with van der Waals surface area (Å²) in [7, 11) is 0. The van der Waals surface area contributed by atoms with Crippen LogP contribution in [0.4, 0.5) is 0 Å². The van der Waals surface area contributed by atoms with Crippen molar-refractivity contribution >= 4 is 34.4 Å². The Balaban J connectivity index is 2.16. The second kappa shape index (κ2) is 6.53. The molecule has 0 saturated heterocycles. The van der Waals surface area contributed by atoms with Crippen molar-refractivity contribution in [1.82, 2.24) is 19.5 Å². The first-order valence-corrected chi connectivity index (χ1v) is 7.45. The summed E-state index contributed by atoms with van der Waals surface area (Å²) >= 11 is 11.9. The van der Waals surface area contributed by atoms with Crippen molar-refractivity contribution in [1.29, 1.82) is 0 Å². The largest absolute Gasteiger partial charge is 0.324 e. The first-order valence-electron chi connectivity index (χ1n) is 6.69. The van der Waals surface area contributed by atoms with Gasteiger partial charge in [0.2, 0.25) is 5.28 Å². The standard InChI is InChI=1S/C13H18Cl2N4/c1-3-4-5-6-7-8-19-9(2)16-12-10(19)11(14)17-13(15)18-12/h3-8H2,1-2H3. The molecular weight excluding hydrogens is 283 g/mol. The zero-order chi connectivity index (χ0) is 13.8. The van der Waals surface area contributed by atoms with Gasteiger partial charge in [-0.2, -0.15) is 4.98 Å². The number of halogens is 2. The number of rotatable bonds is 6. The van der Waals surface area contributed by atoms with E-state index < -0.39 is 0 Å². The molecule has 4 nitrogen and oxygen atoms in total. The van der Waals surface area contributed by atoms with E-state index in [1.165, 1.54) is 25.7 Å². The van der Waals surface area contributed by atoms with Crippen LogP contribution in [0.2, 0.25) is 10.4 Å². The SMILES string of the molecule is CCCCCCCn1c(C)nc2nc(Cl)nc(Cl)c21. The molecule has 0 aliphatic rings. The first kappa shape index (κ1) is 14.5. The van der Waals surface area contributed by atoms with Gasteiger partial charge in [0, 0.05) is 6.54 Å². The molecule has 0 aliphatic carbocycles. The highest BCUT2D eigenvalue weighted by Gasteiger charge is 2.14. The van der Waals surface area contributed by atoms with Crippen LogP contribution in [0.15, 0.2) is 0 Å². The summed E-state index contributed by atoms with van der Waals surface area (Å²) in [5.74, 6) is 0.906. The molecule has 0 spiro atoms. The highest BCUT2D eigenvalue weighted by atomic mass is 35.5. The molecule has 0 fully saturated rings. The number of unbranched alkanes of at least 4 members (excludes halogenated alkanes) is 4. The Labute approximate surface area is 123 Å². The second-order valence-corrected chi connectivity index (χ2v) is 5.38. The maximum atomic E-state index is 6.15. The quantitative estimate of drug-likeness (QED) is 0.451. The van der Waals surface area contributed by atoms with Crippen LogP contribution in [0.5, 0.6) is 0 Å². The van der Waals surface area contributed by atoms with Crippen molar-refractivity contribution in [3.63, 3.8) is 0 Å². The van der Waals surface area contributed by atoms with Crippen molar-refractivity contribution in [3.05, 3.63) is 16.3 Å². The Kier molecular flexibility index (Phi) is 4.99. The van der Waals surface area contributed by atoms with Crippen molar-refractivity contribution in [3.8, 4) is 0 Å². The van der Waals surface area contributed by atoms with E-state index in [1.807, 2.05) is 6.92 Å². The van der Waals surface area contributed by atoms with Crippen LogP contribution in [-0.2, 0) is 6.54 Å². The monoisotopic (exact) mass is 300 g/mol. The molecule has 0 amide bonds. The Morgan fingerprint density at radius 2 is 1.74 bits per heavy atom. The molecule has 19 heavy (non-hydrogen) atoms. The number of hydrogen-bond donors (Lipinski definition) is 0. The summed E-state index contributed by atoms with van der Waals surface area (Å²) in [6.45, 7) is 5.07. The average molecular weight is 301 g/mol. The van der Waals surface area contributed by atoms with Gasteiger partial charge in [-0.15, -0.1) is 0 Å². The fourth-order valence-corrected chi connectivity index (χ4v) is 2.70. The predicted molar refractivity (Wildman–Crippen MR) is 78.8 cm³/mol. The van der Waals surface area contributed by atoms with E-state index in [9.17, 15) is 0 Å². The van der Waals surface area contributed by atoms with E-state index in [-0.39, 0.29) is 5.28 Å². The lowest BCUT2D eigenvalue weighted by molar-refractivity contribution is 0.568. The van der Waals surface area contributed by atoms with Gasteiger partial charge in [0.05, 0.1) is 0 Å². The number of aromatic nitrogens is 4. The predicted octanol–water partition coefficient (Wildman–Crippen LogP) is 4.41. The van der Waals surface area contributed by atoms with E-state index in [0.29, 0.717) is 10.8 Å². The summed E-state index contributed by atoms with van der Waals surface area (Å²) in [5, 5.41) is 0.522. The fraction of sp³-hybridized carbons (Fsp3) is 0.615. The molecule has 2 rings (SSSR count). The molecule has 0 unspecified atom stereocenters. The zero-order valence-corrected chi connectivity index (χ0v) is 12.8. The second-order valence-electron chi connectivity index (χ2n) is 4.68. The Bertz CT molecular complexity index is 565. The highest BCUT2D eigenvalue weighted by molar-refractivity contribution is 6.35. The third-order valence-corrected chi connectivity index (χ3v) is 3.64. The molecule has 2 aromatic rings. The fourth-order valence-electron chi connectivity index (χ4n) is 2.22. The molecular formula is C13H18Cl2N4. The van der Waals surface area contributed by atoms with Gasteiger partial charge in [0.25, 0.3) is 0 Å². The van der Waals surface area contributed by atoms with Crippen molar-refractivity contribution in [2.75, 3.05) is 0 Å². The summed E-state index contributed by atoms with van der Waals surface area (Å²) in [5.41, 5.74) is 1.37. The van der Waals surface area contributed by atoms with Crippen LogP contribution in [0.25, 0.3) is 11.2 Å². The highest BCUT2D eigenvalue weighted by Crippen LogP contribution is 2.23. The summed E-state index contributed by atoms with van der Waals surface area (Å²) < 4.78 is 2.08. The lowest BCUT2D eigenvalue weighted by Gasteiger charge is -2.07. The minimum absolute atomic E-state index is 0.144. The minimum atomic E-state index is 0.144. The molecule has 0 radical (unpaired) electrons. The summed E-state index contributed by atoms with van der Waals surface area (Å²) in [4.78, 5) is 12.5. The van der Waals surface area contributed by atoms with Gasteiger partial charge >= 0.3 is 0 Å². The molecule has 2 aromatic heterocycles. The third kappa shape index (κ3) is 3.37. The van der Waals surface area contributed by atoms with Crippen LogP contribution in [0.1, 0.15) is 44.9 Å². The first-order chi connectivity index (χ1) is 9.13. The molecule has 0 saturated carbocycles. The Morgan fingerprint density at radius 3 is 2.47 bits per heavy atom. The maximum Gasteiger partial charge on any atom is 0.225 e. The normalized spacial score (nSPS) is 11.4. The van der Waals surface area contributed by atoms with Gasteiger partial charge < -0.3 is 4.57 Å². The Hall–Kier alpha value is -0.870. The molecule has 0 bridgehead atoms. The maximum absolute atomic E-state index is 6.15. The van der Waals surface area contributed by atoms with Gasteiger partial charge in [-0.3, -0.25) is 0 Å². The molecule has 0 atom stereocenters. The number of fused-ring (bicyclic) bond motifs is 1. The van der Waals surface area contributed by atoms with Gasteiger partial charge in [0.15, 0.2) is 10.8 Å². The molecule has 0 aromatic carbocycles. The van der Waals surface area contributed by atoms with Gasteiger partial charge in [-0.25, -0.2) is 9.97 Å². The van der Waals surface area contributed by atoms with E-state index >= 15 is 0 Å². The number of aryl methyl sites for hydroxylation is 2. The van der Waals surface area contributed by atoms with E-state index in [1.54, 1.807) is 0 Å². The lowest BCUT2D eigenvalue weighted by Crippen LogP contribution is -2.01.